The third-order valence-corrected chi connectivity index (χ3v) is 4.80. The maximum absolute atomic E-state index is 13.7. The summed E-state index contributed by atoms with van der Waals surface area (Å²) >= 11 is 0. The Morgan fingerprint density at radius 3 is 2.36 bits per heavy atom. The number of aliphatic carboxylic acids is 1. The van der Waals surface area contributed by atoms with Crippen LogP contribution >= 0.6 is 0 Å². The Balaban J connectivity index is 0.000000572. The first-order valence-electron chi connectivity index (χ1n) is 10.7. The van der Waals surface area contributed by atoms with Crippen molar-refractivity contribution in [1.29, 1.82) is 0 Å². The number of ether oxygens (including phenoxy) is 2. The molecule has 0 aliphatic heterocycles. The highest BCUT2D eigenvalue weighted by Crippen LogP contribution is 2.36. The average molecular weight is 518 g/mol. The van der Waals surface area contributed by atoms with Crippen molar-refractivity contribution in [3.05, 3.63) is 36.3 Å². The lowest BCUT2D eigenvalue weighted by Gasteiger charge is -2.27. The number of halogens is 5. The normalized spacial score (nSPS) is 13.3. The zero-order chi connectivity index (χ0) is 27.3. The molecule has 13 heteroatoms. The number of H-pyrrole nitrogens is 1. The second kappa shape index (κ2) is 11.5. The van der Waals surface area contributed by atoms with Crippen LogP contribution in [-0.4, -0.2) is 51.5 Å². The van der Waals surface area contributed by atoms with Crippen LogP contribution < -0.4 is 15.2 Å². The van der Waals surface area contributed by atoms with Gasteiger partial charge in [0.1, 0.15) is 29.4 Å². The second-order valence-electron chi connectivity index (χ2n) is 8.66. The van der Waals surface area contributed by atoms with Crippen LogP contribution in [0.15, 0.2) is 30.6 Å². The van der Waals surface area contributed by atoms with Gasteiger partial charge in [0, 0.05) is 23.5 Å². The number of aromatic amines is 1. The number of fused-ring (bicyclic) bond motifs is 1. The number of alkyl halides is 5. The molecular formula is C23H27F5N4O4. The summed E-state index contributed by atoms with van der Waals surface area (Å²) < 4.78 is 70.2. The van der Waals surface area contributed by atoms with Crippen molar-refractivity contribution in [3.8, 4) is 22.8 Å². The summed E-state index contributed by atoms with van der Waals surface area (Å²) in [5.41, 5.74) is 6.79. The van der Waals surface area contributed by atoms with E-state index in [2.05, 4.69) is 28.8 Å². The van der Waals surface area contributed by atoms with Gasteiger partial charge in [0.05, 0.1) is 18.2 Å². The van der Waals surface area contributed by atoms with E-state index in [0.717, 1.165) is 0 Å². The zero-order valence-electron chi connectivity index (χ0n) is 20.0. The predicted octanol–water partition coefficient (Wildman–Crippen LogP) is 5.35. The summed E-state index contributed by atoms with van der Waals surface area (Å²) in [6.07, 6.45) is -3.87. The van der Waals surface area contributed by atoms with E-state index in [1.807, 2.05) is 6.92 Å². The Morgan fingerprint density at radius 2 is 1.83 bits per heavy atom. The molecule has 36 heavy (non-hydrogen) atoms. The summed E-state index contributed by atoms with van der Waals surface area (Å²) in [5, 5.41) is 7.81. The number of hydrogen-bond donors (Lipinski definition) is 3. The minimum Gasteiger partial charge on any atom is -0.496 e. The molecule has 3 rings (SSSR count). The standard InChI is InChI=1S/C21H26F2N4O2.C2HF3O2/c1-12(2)9-21(3,24)11-29-16-6-5-14(27-18(16)19(22)23)13-10-26-20-17(13)15(28-4)7-8-25-20;3-2(4,5)1(6)7/h5-8,10,12,19H,9,11,24H2,1-4H3,(H,25,26);(H,6,7)/t21-;/m0./s1. The number of nitrogens with zero attached hydrogens (tertiary/aromatic N) is 2. The van der Waals surface area contributed by atoms with Gasteiger partial charge < -0.3 is 25.3 Å². The number of rotatable bonds is 8. The molecule has 0 aromatic carbocycles. The van der Waals surface area contributed by atoms with Crippen LogP contribution in [0.3, 0.4) is 0 Å². The van der Waals surface area contributed by atoms with Gasteiger partial charge in [0.15, 0.2) is 0 Å². The first-order valence-corrected chi connectivity index (χ1v) is 10.7. The largest absolute Gasteiger partial charge is 0.496 e. The maximum atomic E-state index is 13.7. The molecule has 0 aliphatic rings. The van der Waals surface area contributed by atoms with E-state index in [1.165, 1.54) is 6.07 Å². The molecule has 0 fully saturated rings. The van der Waals surface area contributed by atoms with Gasteiger partial charge in [-0.05, 0) is 37.5 Å². The summed E-state index contributed by atoms with van der Waals surface area (Å²) in [7, 11) is 1.54. The van der Waals surface area contributed by atoms with Crippen LogP contribution in [0.5, 0.6) is 11.5 Å². The van der Waals surface area contributed by atoms with E-state index in [4.69, 9.17) is 25.1 Å². The number of aromatic nitrogens is 3. The Labute approximate surface area is 203 Å². The molecule has 0 unspecified atom stereocenters. The number of carbonyl (C=O) groups is 1. The first-order chi connectivity index (χ1) is 16.7. The topological polar surface area (TPSA) is 123 Å². The molecule has 0 aliphatic carbocycles. The molecule has 198 valence electrons. The van der Waals surface area contributed by atoms with Crippen LogP contribution in [0.1, 0.15) is 39.3 Å². The lowest BCUT2D eigenvalue weighted by atomic mass is 9.93. The minimum atomic E-state index is -5.08. The van der Waals surface area contributed by atoms with Crippen molar-refractivity contribution in [3.63, 3.8) is 0 Å². The van der Waals surface area contributed by atoms with Crippen molar-refractivity contribution in [2.24, 2.45) is 11.7 Å². The van der Waals surface area contributed by atoms with Gasteiger partial charge >= 0.3 is 12.1 Å². The minimum absolute atomic E-state index is 0.0362. The molecule has 3 heterocycles. The molecule has 4 N–H and O–H groups in total. The monoisotopic (exact) mass is 518 g/mol. The van der Waals surface area contributed by atoms with Crippen LogP contribution in [0, 0.1) is 5.92 Å². The highest BCUT2D eigenvalue weighted by Gasteiger charge is 2.38. The van der Waals surface area contributed by atoms with Gasteiger partial charge in [-0.3, -0.25) is 0 Å². The van der Waals surface area contributed by atoms with Gasteiger partial charge in [0.25, 0.3) is 6.43 Å². The Kier molecular flexibility index (Phi) is 9.19. The third kappa shape index (κ3) is 7.51. The molecule has 0 spiro atoms. The number of carboxylic acids is 1. The summed E-state index contributed by atoms with van der Waals surface area (Å²) in [5.74, 6) is -1.77. The Morgan fingerprint density at radius 1 is 1.19 bits per heavy atom. The molecule has 1 atom stereocenters. The molecular weight excluding hydrogens is 491 g/mol. The van der Waals surface area contributed by atoms with E-state index in [1.54, 1.807) is 31.6 Å². The van der Waals surface area contributed by atoms with E-state index in [-0.39, 0.29) is 12.4 Å². The van der Waals surface area contributed by atoms with Crippen LogP contribution in [0.25, 0.3) is 22.3 Å². The van der Waals surface area contributed by atoms with Crippen molar-refractivity contribution >= 4 is 17.0 Å². The van der Waals surface area contributed by atoms with Crippen molar-refractivity contribution < 1.29 is 41.3 Å². The molecule has 3 aromatic rings. The van der Waals surface area contributed by atoms with Crippen molar-refractivity contribution in [2.45, 2.75) is 45.3 Å². The summed E-state index contributed by atoms with van der Waals surface area (Å²) in [4.78, 5) is 20.3. The van der Waals surface area contributed by atoms with Crippen LogP contribution in [0.4, 0.5) is 22.0 Å². The predicted molar refractivity (Wildman–Crippen MR) is 122 cm³/mol. The van der Waals surface area contributed by atoms with Gasteiger partial charge in [-0.15, -0.1) is 0 Å². The Bertz CT molecular complexity index is 1180. The lowest BCUT2D eigenvalue weighted by molar-refractivity contribution is -0.192. The average Bonchev–Trinajstić information content (AvgIpc) is 3.21. The van der Waals surface area contributed by atoms with Crippen molar-refractivity contribution in [1.82, 2.24) is 15.0 Å². The molecule has 0 saturated heterocycles. The third-order valence-electron chi connectivity index (χ3n) is 4.80. The fourth-order valence-electron chi connectivity index (χ4n) is 3.52. The molecule has 8 nitrogen and oxygen atoms in total. The van der Waals surface area contributed by atoms with Crippen LogP contribution in [0.2, 0.25) is 0 Å². The zero-order valence-corrected chi connectivity index (χ0v) is 20.0. The lowest BCUT2D eigenvalue weighted by Crippen LogP contribution is -2.43. The van der Waals surface area contributed by atoms with E-state index < -0.39 is 29.8 Å². The maximum Gasteiger partial charge on any atom is 0.490 e. The second-order valence-corrected chi connectivity index (χ2v) is 8.66. The Hall–Kier alpha value is -3.48. The van der Waals surface area contributed by atoms with Crippen LogP contribution in [-0.2, 0) is 4.79 Å². The summed E-state index contributed by atoms with van der Waals surface area (Å²) in [6, 6.07) is 4.87. The van der Waals surface area contributed by atoms with E-state index in [9.17, 15) is 22.0 Å². The number of nitrogens with two attached hydrogens (primary N) is 1. The fourth-order valence-corrected chi connectivity index (χ4v) is 3.52. The van der Waals surface area contributed by atoms with Gasteiger partial charge in [-0.25, -0.2) is 23.5 Å². The quantitative estimate of drug-likeness (QED) is 0.344. The number of carboxylic acid groups (broad SMARTS) is 1. The highest BCUT2D eigenvalue weighted by molar-refractivity contribution is 5.97. The number of hydrogen-bond acceptors (Lipinski definition) is 6. The molecule has 0 saturated carbocycles. The molecule has 0 radical (unpaired) electrons. The van der Waals surface area contributed by atoms with Gasteiger partial charge in [0.2, 0.25) is 0 Å². The van der Waals surface area contributed by atoms with E-state index >= 15 is 0 Å². The number of nitrogens with one attached hydrogen (secondary N) is 1. The summed E-state index contributed by atoms with van der Waals surface area (Å²) in [6.45, 7) is 6.07. The van der Waals surface area contributed by atoms with Gasteiger partial charge in [-0.2, -0.15) is 13.2 Å². The van der Waals surface area contributed by atoms with Gasteiger partial charge in [-0.1, -0.05) is 13.8 Å². The van der Waals surface area contributed by atoms with Crippen molar-refractivity contribution in [2.75, 3.05) is 13.7 Å². The van der Waals surface area contributed by atoms with E-state index in [0.29, 0.717) is 40.4 Å². The smallest absolute Gasteiger partial charge is 0.490 e. The highest BCUT2D eigenvalue weighted by atomic mass is 19.4. The number of pyridine rings is 2. The SMILES string of the molecule is COc1ccnc2[nH]cc(-c3ccc(OC[C@@](C)(N)CC(C)C)c(C(F)F)n3)c12.O=C(O)C(F)(F)F. The molecule has 0 amide bonds. The molecule has 3 aromatic heterocycles. The first kappa shape index (κ1) is 28.8. The fraction of sp³-hybridized carbons (Fsp3) is 0.435. The molecule has 0 bridgehead atoms. The number of methoxy groups -OCH3 is 1.